The van der Waals surface area contributed by atoms with Gasteiger partial charge in [0.25, 0.3) is 0 Å². The Balaban J connectivity index is 1.53. The summed E-state index contributed by atoms with van der Waals surface area (Å²) in [6.45, 7) is 8.15. The molecule has 11 heteroatoms. The monoisotopic (exact) mass is 535 g/mol. The predicted molar refractivity (Wildman–Crippen MR) is 150 cm³/mol. The van der Waals surface area contributed by atoms with Gasteiger partial charge < -0.3 is 20.7 Å². The molecule has 2 aromatic heterocycles. The zero-order valence-corrected chi connectivity index (χ0v) is 22.8. The molecule has 0 saturated carbocycles. The molecule has 38 heavy (non-hydrogen) atoms. The third-order valence-corrected chi connectivity index (χ3v) is 7.76. The van der Waals surface area contributed by atoms with Gasteiger partial charge >= 0.3 is 0 Å². The standard InChI is InChI=1S/C27H33N7O3S/c1-16(2)37-23-14-19(18-9-11-28-12-10-18)17(3)13-22(23)31-27-32-25(20-15-29-34-26(20)33-27)30-21-7-5-6-8-24(21)38(4,35)36/h5-8,13-16,18,28H,9-12H2,1-4H3,(H3,29,30,31,32,33,34). The number of nitrogens with zero attached hydrogens (tertiary/aromatic N) is 3. The van der Waals surface area contributed by atoms with E-state index in [2.05, 4.69) is 50.2 Å². The average Bonchev–Trinajstić information content (AvgIpc) is 3.35. The Labute approximate surface area is 222 Å². The molecule has 1 saturated heterocycles. The average molecular weight is 536 g/mol. The summed E-state index contributed by atoms with van der Waals surface area (Å²) < 4.78 is 30.9. The Bertz CT molecular complexity index is 1560. The second-order valence-corrected chi connectivity index (χ2v) is 11.9. The molecule has 3 heterocycles. The molecule has 0 radical (unpaired) electrons. The Morgan fingerprint density at radius 3 is 2.55 bits per heavy atom. The van der Waals surface area contributed by atoms with E-state index in [1.165, 1.54) is 17.4 Å². The van der Waals surface area contributed by atoms with Crippen molar-refractivity contribution in [1.82, 2.24) is 25.5 Å². The Hall–Kier alpha value is -3.70. The summed E-state index contributed by atoms with van der Waals surface area (Å²) in [4.78, 5) is 9.48. The molecule has 4 N–H and O–H groups in total. The Kier molecular flexibility index (Phi) is 7.22. The van der Waals surface area contributed by atoms with E-state index >= 15 is 0 Å². The van der Waals surface area contributed by atoms with Crippen molar-refractivity contribution in [1.29, 1.82) is 0 Å². The number of hydrogen-bond acceptors (Lipinski definition) is 9. The van der Waals surface area contributed by atoms with Gasteiger partial charge in [0.2, 0.25) is 5.95 Å². The van der Waals surface area contributed by atoms with E-state index in [0.29, 0.717) is 34.4 Å². The third kappa shape index (κ3) is 5.58. The first-order chi connectivity index (χ1) is 18.2. The lowest BCUT2D eigenvalue weighted by Crippen LogP contribution is -2.27. The number of para-hydroxylation sites is 1. The van der Waals surface area contributed by atoms with E-state index in [9.17, 15) is 8.42 Å². The van der Waals surface area contributed by atoms with E-state index in [1.807, 2.05) is 13.8 Å². The molecule has 200 valence electrons. The van der Waals surface area contributed by atoms with Crippen LogP contribution in [0.5, 0.6) is 5.75 Å². The fraction of sp³-hybridized carbons (Fsp3) is 0.370. The number of rotatable bonds is 8. The van der Waals surface area contributed by atoms with Gasteiger partial charge in [-0.15, -0.1) is 0 Å². The van der Waals surface area contributed by atoms with Crippen molar-refractivity contribution < 1.29 is 13.2 Å². The van der Waals surface area contributed by atoms with E-state index < -0.39 is 9.84 Å². The van der Waals surface area contributed by atoms with E-state index in [0.717, 1.165) is 37.4 Å². The number of aromatic nitrogens is 4. The topological polar surface area (TPSA) is 134 Å². The number of piperidine rings is 1. The zero-order chi connectivity index (χ0) is 26.9. The van der Waals surface area contributed by atoms with Gasteiger partial charge in [0.15, 0.2) is 15.5 Å². The van der Waals surface area contributed by atoms with Crippen molar-refractivity contribution in [3.63, 3.8) is 0 Å². The SMILES string of the molecule is Cc1cc(Nc2nc(Nc3ccccc3S(C)(=O)=O)c3cn[nH]c3n2)c(OC(C)C)cc1C1CCNCC1. The van der Waals surface area contributed by atoms with Crippen molar-refractivity contribution in [3.05, 3.63) is 53.7 Å². The van der Waals surface area contributed by atoms with Crippen LogP contribution in [0.25, 0.3) is 11.0 Å². The highest BCUT2D eigenvalue weighted by Gasteiger charge is 2.21. The minimum Gasteiger partial charge on any atom is -0.489 e. The second-order valence-electron chi connectivity index (χ2n) is 9.94. The summed E-state index contributed by atoms with van der Waals surface area (Å²) in [7, 11) is -3.45. The number of nitrogens with one attached hydrogen (secondary N) is 4. The number of benzene rings is 2. The number of aryl methyl sites for hydroxylation is 1. The van der Waals surface area contributed by atoms with Gasteiger partial charge in [-0.25, -0.2) is 8.42 Å². The smallest absolute Gasteiger partial charge is 0.231 e. The van der Waals surface area contributed by atoms with Crippen LogP contribution in [0, 0.1) is 6.92 Å². The maximum absolute atomic E-state index is 12.3. The fourth-order valence-electron chi connectivity index (χ4n) is 4.85. The molecule has 1 aliphatic rings. The van der Waals surface area contributed by atoms with Gasteiger partial charge in [0.05, 0.1) is 34.0 Å². The van der Waals surface area contributed by atoms with Crippen LogP contribution < -0.4 is 20.7 Å². The molecule has 0 bridgehead atoms. The molecule has 0 amide bonds. The lowest BCUT2D eigenvalue weighted by atomic mass is 9.87. The number of ether oxygens (including phenoxy) is 1. The normalized spacial score (nSPS) is 14.7. The van der Waals surface area contributed by atoms with Crippen LogP contribution in [0.15, 0.2) is 47.5 Å². The number of H-pyrrole nitrogens is 1. The van der Waals surface area contributed by atoms with Gasteiger partial charge in [0.1, 0.15) is 11.6 Å². The maximum Gasteiger partial charge on any atom is 0.231 e. The van der Waals surface area contributed by atoms with Gasteiger partial charge in [-0.3, -0.25) is 5.10 Å². The zero-order valence-electron chi connectivity index (χ0n) is 22.0. The van der Waals surface area contributed by atoms with Gasteiger partial charge in [-0.2, -0.15) is 15.1 Å². The summed E-state index contributed by atoms with van der Waals surface area (Å²) in [6.07, 6.45) is 4.96. The highest BCUT2D eigenvalue weighted by atomic mass is 32.2. The highest BCUT2D eigenvalue weighted by Crippen LogP contribution is 2.37. The first-order valence-corrected chi connectivity index (χ1v) is 14.6. The van der Waals surface area contributed by atoms with Crippen LogP contribution in [0.3, 0.4) is 0 Å². The molecule has 2 aromatic carbocycles. The van der Waals surface area contributed by atoms with Crippen LogP contribution in [0.1, 0.15) is 43.7 Å². The van der Waals surface area contributed by atoms with Crippen LogP contribution in [-0.2, 0) is 9.84 Å². The summed E-state index contributed by atoms with van der Waals surface area (Å²) in [5, 5.41) is 17.6. The van der Waals surface area contributed by atoms with E-state index in [1.54, 1.807) is 30.5 Å². The number of aromatic amines is 1. The molecule has 0 aliphatic carbocycles. The maximum atomic E-state index is 12.3. The first-order valence-electron chi connectivity index (χ1n) is 12.7. The molecule has 1 fully saturated rings. The molecular weight excluding hydrogens is 502 g/mol. The molecule has 4 aromatic rings. The number of sulfone groups is 1. The summed E-state index contributed by atoms with van der Waals surface area (Å²) >= 11 is 0. The predicted octanol–water partition coefficient (Wildman–Crippen LogP) is 4.81. The van der Waals surface area contributed by atoms with Crippen molar-refractivity contribution in [3.8, 4) is 5.75 Å². The minimum atomic E-state index is -3.45. The summed E-state index contributed by atoms with van der Waals surface area (Å²) in [5.74, 6) is 1.98. The van der Waals surface area contributed by atoms with Crippen LogP contribution >= 0.6 is 0 Å². The molecule has 10 nitrogen and oxygen atoms in total. The first kappa shape index (κ1) is 25.9. The summed E-state index contributed by atoms with van der Waals surface area (Å²) in [6, 6.07) is 11.0. The quantitative estimate of drug-likeness (QED) is 0.251. The number of hydrogen-bond donors (Lipinski definition) is 4. The number of anilines is 4. The van der Waals surface area contributed by atoms with Gasteiger partial charge in [-0.05, 0) is 88.0 Å². The van der Waals surface area contributed by atoms with Crippen molar-refractivity contribution in [2.75, 3.05) is 30.0 Å². The lowest BCUT2D eigenvalue weighted by Gasteiger charge is -2.26. The number of fused-ring (bicyclic) bond motifs is 1. The van der Waals surface area contributed by atoms with Crippen molar-refractivity contribution in [2.24, 2.45) is 0 Å². The molecular formula is C27H33N7O3S. The second kappa shape index (κ2) is 10.6. The van der Waals surface area contributed by atoms with Crippen LogP contribution in [0.2, 0.25) is 0 Å². The Morgan fingerprint density at radius 1 is 1.05 bits per heavy atom. The lowest BCUT2D eigenvalue weighted by molar-refractivity contribution is 0.243. The third-order valence-electron chi connectivity index (χ3n) is 6.61. The molecule has 0 atom stereocenters. The molecule has 0 spiro atoms. The van der Waals surface area contributed by atoms with Gasteiger partial charge in [0, 0.05) is 6.26 Å². The Morgan fingerprint density at radius 2 is 1.82 bits per heavy atom. The fourth-order valence-corrected chi connectivity index (χ4v) is 5.70. The molecule has 0 unspecified atom stereocenters. The van der Waals surface area contributed by atoms with Crippen LogP contribution in [-0.4, -0.2) is 54.0 Å². The van der Waals surface area contributed by atoms with Crippen LogP contribution in [0.4, 0.5) is 23.1 Å². The summed E-state index contributed by atoms with van der Waals surface area (Å²) in [5.41, 5.74) is 4.18. The van der Waals surface area contributed by atoms with E-state index in [4.69, 9.17) is 9.72 Å². The molecule has 5 rings (SSSR count). The largest absolute Gasteiger partial charge is 0.489 e. The van der Waals surface area contributed by atoms with E-state index in [-0.39, 0.29) is 11.0 Å². The minimum absolute atomic E-state index is 0.0140. The van der Waals surface area contributed by atoms with Crippen molar-refractivity contribution >= 4 is 44.0 Å². The van der Waals surface area contributed by atoms with Crippen molar-refractivity contribution in [2.45, 2.75) is 50.5 Å². The molecule has 1 aliphatic heterocycles. The highest BCUT2D eigenvalue weighted by molar-refractivity contribution is 7.90. The van der Waals surface area contributed by atoms with Gasteiger partial charge in [-0.1, -0.05) is 12.1 Å².